The van der Waals surface area contributed by atoms with E-state index < -0.39 is 0 Å². The second-order valence-corrected chi connectivity index (χ2v) is 2.67. The van der Waals surface area contributed by atoms with Crippen molar-refractivity contribution in [3.8, 4) is 0 Å². The van der Waals surface area contributed by atoms with Gasteiger partial charge in [-0.1, -0.05) is 0 Å². The van der Waals surface area contributed by atoms with Crippen molar-refractivity contribution < 1.29 is 0 Å². The van der Waals surface area contributed by atoms with Crippen LogP contribution in [0.25, 0.3) is 0 Å². The largest absolute Gasteiger partial charge is 0.370 e. The van der Waals surface area contributed by atoms with E-state index in [1.54, 1.807) is 0 Å². The third-order valence-electron chi connectivity index (χ3n) is 1.78. The lowest BCUT2D eigenvalue weighted by atomic mass is 10.6. The number of nitrogens with two attached hydrogens (primary N) is 1. The highest BCUT2D eigenvalue weighted by atomic mass is 15.3. The first-order valence-electron chi connectivity index (χ1n) is 3.78. The summed E-state index contributed by atoms with van der Waals surface area (Å²) in [6.07, 6.45) is 2.55. The van der Waals surface area contributed by atoms with E-state index in [4.69, 9.17) is 5.73 Å². The summed E-state index contributed by atoms with van der Waals surface area (Å²) in [7, 11) is 2.01. The molecule has 0 atom stereocenters. The lowest BCUT2D eigenvalue weighted by Crippen LogP contribution is -2.35. The summed E-state index contributed by atoms with van der Waals surface area (Å²) in [5.41, 5.74) is 5.64. The van der Waals surface area contributed by atoms with Crippen LogP contribution in [0.2, 0.25) is 0 Å². The Hall–Kier alpha value is -0.730. The number of guanidine groups is 1. The molecule has 3 heteroatoms. The first-order valence-corrected chi connectivity index (χ1v) is 3.78. The molecule has 0 amide bonds. The van der Waals surface area contributed by atoms with E-state index in [0.717, 1.165) is 6.54 Å². The molecule has 1 aliphatic carbocycles. The molecule has 2 N–H and O–H groups in total. The van der Waals surface area contributed by atoms with Crippen LogP contribution in [-0.2, 0) is 0 Å². The molecule has 1 rings (SSSR count). The molecule has 3 nitrogen and oxygen atoms in total. The average Bonchev–Trinajstić information content (AvgIpc) is 2.68. The van der Waals surface area contributed by atoms with Gasteiger partial charge in [-0.05, 0) is 19.8 Å². The minimum atomic E-state index is 0.676. The van der Waals surface area contributed by atoms with Crippen LogP contribution in [0.3, 0.4) is 0 Å². The van der Waals surface area contributed by atoms with Crippen molar-refractivity contribution in [3.63, 3.8) is 0 Å². The fourth-order valence-corrected chi connectivity index (χ4v) is 0.922. The van der Waals surface area contributed by atoms with Gasteiger partial charge in [0.1, 0.15) is 0 Å². The zero-order chi connectivity index (χ0) is 7.56. The normalized spacial score (nSPS) is 19.2. The van der Waals surface area contributed by atoms with Crippen LogP contribution in [0.1, 0.15) is 19.8 Å². The van der Waals surface area contributed by atoms with E-state index in [9.17, 15) is 0 Å². The maximum Gasteiger partial charge on any atom is 0.191 e. The van der Waals surface area contributed by atoms with Crippen LogP contribution in [0.4, 0.5) is 0 Å². The van der Waals surface area contributed by atoms with Gasteiger partial charge in [0.05, 0.1) is 0 Å². The zero-order valence-electron chi connectivity index (χ0n) is 6.67. The lowest BCUT2D eigenvalue weighted by molar-refractivity contribution is 0.488. The Balaban J connectivity index is 2.37. The van der Waals surface area contributed by atoms with Crippen molar-refractivity contribution in [2.75, 3.05) is 13.6 Å². The monoisotopic (exact) mass is 141 g/mol. The fraction of sp³-hybridized carbons (Fsp3) is 0.857. The molecule has 1 aliphatic rings. The van der Waals surface area contributed by atoms with E-state index in [2.05, 4.69) is 9.89 Å². The third kappa shape index (κ3) is 1.62. The Bertz CT molecular complexity index is 138. The fourth-order valence-electron chi connectivity index (χ4n) is 0.922. The molecule has 1 saturated carbocycles. The molecule has 0 spiro atoms. The molecular formula is C7H15N3. The number of aliphatic imine (C=N–C) groups is 1. The molecule has 0 aromatic rings. The number of nitrogens with zero attached hydrogens (tertiary/aromatic N) is 2. The van der Waals surface area contributed by atoms with E-state index >= 15 is 0 Å². The van der Waals surface area contributed by atoms with Gasteiger partial charge >= 0.3 is 0 Å². The molecule has 0 bridgehead atoms. The standard InChI is InChI=1S/C7H15N3/c1-3-9-7(8)10(2)6-4-5-6/h6H,3-5H2,1-2H3,(H2,8,9). The predicted octanol–water partition coefficient (Wildman–Crippen LogP) is 0.415. The van der Waals surface area contributed by atoms with Gasteiger partial charge in [-0.2, -0.15) is 0 Å². The molecule has 0 heterocycles. The van der Waals surface area contributed by atoms with Gasteiger partial charge in [0.25, 0.3) is 0 Å². The molecule has 0 aromatic heterocycles. The topological polar surface area (TPSA) is 41.6 Å². The van der Waals surface area contributed by atoms with Crippen molar-refractivity contribution in [3.05, 3.63) is 0 Å². The Kier molecular flexibility index (Phi) is 2.14. The maximum absolute atomic E-state index is 5.64. The van der Waals surface area contributed by atoms with E-state index in [0.29, 0.717) is 12.0 Å². The molecule has 0 aromatic carbocycles. The number of hydrogen-bond donors (Lipinski definition) is 1. The number of rotatable bonds is 2. The average molecular weight is 141 g/mol. The van der Waals surface area contributed by atoms with Gasteiger partial charge in [0.2, 0.25) is 0 Å². The first kappa shape index (κ1) is 7.38. The smallest absolute Gasteiger partial charge is 0.191 e. The van der Waals surface area contributed by atoms with Crippen LogP contribution in [-0.4, -0.2) is 30.5 Å². The van der Waals surface area contributed by atoms with Gasteiger partial charge in [0.15, 0.2) is 5.96 Å². The predicted molar refractivity (Wildman–Crippen MR) is 42.9 cm³/mol. The van der Waals surface area contributed by atoms with Gasteiger partial charge in [0, 0.05) is 19.6 Å². The summed E-state index contributed by atoms with van der Waals surface area (Å²) in [5, 5.41) is 0. The highest BCUT2D eigenvalue weighted by molar-refractivity contribution is 5.78. The molecule has 1 fully saturated rings. The van der Waals surface area contributed by atoms with Gasteiger partial charge in [-0.25, -0.2) is 0 Å². The van der Waals surface area contributed by atoms with Crippen LogP contribution < -0.4 is 5.73 Å². The summed E-state index contributed by atoms with van der Waals surface area (Å²) in [4.78, 5) is 6.17. The van der Waals surface area contributed by atoms with Gasteiger partial charge < -0.3 is 10.6 Å². The minimum absolute atomic E-state index is 0.676. The highest BCUT2D eigenvalue weighted by Gasteiger charge is 2.27. The lowest BCUT2D eigenvalue weighted by Gasteiger charge is -2.16. The van der Waals surface area contributed by atoms with E-state index in [1.807, 2.05) is 14.0 Å². The summed E-state index contributed by atoms with van der Waals surface area (Å²) < 4.78 is 0. The number of hydrogen-bond acceptors (Lipinski definition) is 1. The zero-order valence-corrected chi connectivity index (χ0v) is 6.67. The van der Waals surface area contributed by atoms with Crippen LogP contribution >= 0.6 is 0 Å². The van der Waals surface area contributed by atoms with Gasteiger partial charge in [-0.15, -0.1) is 0 Å². The quantitative estimate of drug-likeness (QED) is 0.447. The van der Waals surface area contributed by atoms with Crippen molar-refractivity contribution in [1.29, 1.82) is 0 Å². The van der Waals surface area contributed by atoms with Crippen molar-refractivity contribution >= 4 is 5.96 Å². The Morgan fingerprint density at radius 1 is 1.70 bits per heavy atom. The Morgan fingerprint density at radius 2 is 2.30 bits per heavy atom. The molecular weight excluding hydrogens is 126 g/mol. The highest BCUT2D eigenvalue weighted by Crippen LogP contribution is 2.24. The molecule has 58 valence electrons. The van der Waals surface area contributed by atoms with Crippen LogP contribution in [0.5, 0.6) is 0 Å². The summed E-state index contributed by atoms with van der Waals surface area (Å²) in [6.45, 7) is 2.77. The molecule has 10 heavy (non-hydrogen) atoms. The Labute approximate surface area is 61.9 Å². The van der Waals surface area contributed by atoms with Crippen molar-refractivity contribution in [1.82, 2.24) is 4.90 Å². The van der Waals surface area contributed by atoms with E-state index in [1.165, 1.54) is 12.8 Å². The SMILES string of the molecule is CCN=C(N)N(C)C1CC1. The van der Waals surface area contributed by atoms with Crippen molar-refractivity contribution in [2.24, 2.45) is 10.7 Å². The van der Waals surface area contributed by atoms with Gasteiger partial charge in [-0.3, -0.25) is 4.99 Å². The molecule has 0 unspecified atom stereocenters. The second-order valence-electron chi connectivity index (χ2n) is 2.67. The molecule has 0 aliphatic heterocycles. The Morgan fingerprint density at radius 3 is 2.70 bits per heavy atom. The molecule has 0 radical (unpaired) electrons. The summed E-state index contributed by atoms with van der Waals surface area (Å²) in [5.74, 6) is 0.685. The van der Waals surface area contributed by atoms with Crippen molar-refractivity contribution in [2.45, 2.75) is 25.8 Å². The molecule has 0 saturated heterocycles. The maximum atomic E-state index is 5.64. The second kappa shape index (κ2) is 2.90. The summed E-state index contributed by atoms with van der Waals surface area (Å²) >= 11 is 0. The summed E-state index contributed by atoms with van der Waals surface area (Å²) in [6, 6.07) is 0.676. The first-order chi connectivity index (χ1) is 4.75. The van der Waals surface area contributed by atoms with Crippen LogP contribution in [0, 0.1) is 0 Å². The third-order valence-corrected chi connectivity index (χ3v) is 1.78. The minimum Gasteiger partial charge on any atom is -0.370 e. The van der Waals surface area contributed by atoms with E-state index in [-0.39, 0.29) is 0 Å². The van der Waals surface area contributed by atoms with Crippen LogP contribution in [0.15, 0.2) is 4.99 Å².